The number of aryl methyl sites for hydroxylation is 1. The predicted octanol–water partition coefficient (Wildman–Crippen LogP) is 3.60. The second-order valence-electron chi connectivity index (χ2n) is 6.17. The minimum absolute atomic E-state index is 0.0390. The van der Waals surface area contributed by atoms with Crippen molar-refractivity contribution in [3.63, 3.8) is 0 Å². The largest absolute Gasteiger partial charge is 0.508 e. The lowest BCUT2D eigenvalue weighted by atomic mass is 10.1. The number of benzene rings is 3. The number of nitrogens with zero attached hydrogens (tertiary/aromatic N) is 1. The summed E-state index contributed by atoms with van der Waals surface area (Å²) in [7, 11) is 0. The van der Waals surface area contributed by atoms with E-state index in [1.54, 1.807) is 19.1 Å². The van der Waals surface area contributed by atoms with Gasteiger partial charge < -0.3 is 14.9 Å². The Morgan fingerprint density at radius 3 is 2.39 bits per heavy atom. The van der Waals surface area contributed by atoms with Crippen LogP contribution < -0.4 is 10.2 Å². The van der Waals surface area contributed by atoms with Crippen molar-refractivity contribution in [3.8, 4) is 28.4 Å². The van der Waals surface area contributed by atoms with Gasteiger partial charge in [0, 0.05) is 11.6 Å². The molecule has 6 nitrogen and oxygen atoms in total. The molecule has 0 aliphatic rings. The van der Waals surface area contributed by atoms with Crippen LogP contribution in [0.15, 0.2) is 71.8 Å². The quantitative estimate of drug-likeness (QED) is 0.453. The molecule has 0 aromatic heterocycles. The van der Waals surface area contributed by atoms with E-state index in [-0.39, 0.29) is 18.1 Å². The fourth-order valence-corrected chi connectivity index (χ4v) is 2.65. The SMILES string of the molecule is Cc1cc(O)cc(O)c1/C=N/NC(=O)COc1ccc(-c2ccccc2)cc1. The normalized spacial score (nSPS) is 10.8. The van der Waals surface area contributed by atoms with Crippen LogP contribution in [0.25, 0.3) is 11.1 Å². The Bertz CT molecular complexity index is 960. The highest BCUT2D eigenvalue weighted by atomic mass is 16.5. The molecule has 3 N–H and O–H groups in total. The number of hydrogen-bond donors (Lipinski definition) is 3. The third-order valence-corrected chi connectivity index (χ3v) is 4.06. The molecule has 0 unspecified atom stereocenters. The van der Waals surface area contributed by atoms with Crippen LogP contribution in [0.3, 0.4) is 0 Å². The van der Waals surface area contributed by atoms with Crippen molar-refractivity contribution in [2.45, 2.75) is 6.92 Å². The Balaban J connectivity index is 1.52. The minimum Gasteiger partial charge on any atom is -0.508 e. The average Bonchev–Trinajstić information content (AvgIpc) is 2.69. The van der Waals surface area contributed by atoms with Crippen LogP contribution in [0, 0.1) is 6.92 Å². The van der Waals surface area contributed by atoms with E-state index in [9.17, 15) is 15.0 Å². The Hall–Kier alpha value is -3.80. The molecular weight excluding hydrogens is 356 g/mol. The van der Waals surface area contributed by atoms with Gasteiger partial charge in [-0.2, -0.15) is 5.10 Å². The summed E-state index contributed by atoms with van der Waals surface area (Å²) in [4.78, 5) is 11.9. The summed E-state index contributed by atoms with van der Waals surface area (Å²) in [6, 6.07) is 20.1. The van der Waals surface area contributed by atoms with Gasteiger partial charge in [-0.25, -0.2) is 5.43 Å². The molecule has 142 valence electrons. The molecule has 0 saturated carbocycles. The molecule has 0 radical (unpaired) electrons. The van der Waals surface area contributed by atoms with Gasteiger partial charge in [0.05, 0.1) is 6.21 Å². The molecule has 0 atom stereocenters. The molecule has 6 heteroatoms. The van der Waals surface area contributed by atoms with Crippen LogP contribution in [0.5, 0.6) is 17.2 Å². The number of hydrazone groups is 1. The second kappa shape index (κ2) is 8.73. The Morgan fingerprint density at radius 1 is 1.04 bits per heavy atom. The number of nitrogens with one attached hydrogen (secondary N) is 1. The molecule has 0 saturated heterocycles. The first-order chi connectivity index (χ1) is 13.5. The molecule has 0 aliphatic heterocycles. The van der Waals surface area contributed by atoms with Crippen molar-refractivity contribution in [1.29, 1.82) is 0 Å². The molecule has 3 aromatic rings. The maximum Gasteiger partial charge on any atom is 0.277 e. The lowest BCUT2D eigenvalue weighted by Crippen LogP contribution is -2.24. The molecule has 3 rings (SSSR count). The first-order valence-corrected chi connectivity index (χ1v) is 8.65. The third kappa shape index (κ3) is 4.88. The smallest absolute Gasteiger partial charge is 0.277 e. The molecule has 3 aromatic carbocycles. The molecule has 0 aliphatic carbocycles. The van der Waals surface area contributed by atoms with E-state index in [0.29, 0.717) is 16.9 Å². The molecule has 0 fully saturated rings. The number of amides is 1. The van der Waals surface area contributed by atoms with Crippen LogP contribution in [-0.2, 0) is 4.79 Å². The van der Waals surface area contributed by atoms with Crippen molar-refractivity contribution in [3.05, 3.63) is 77.9 Å². The van der Waals surface area contributed by atoms with Crippen LogP contribution in [0.2, 0.25) is 0 Å². The number of phenolic OH excluding ortho intramolecular Hbond substituents is 2. The highest BCUT2D eigenvalue weighted by Crippen LogP contribution is 2.25. The first kappa shape index (κ1) is 19.0. The fourth-order valence-electron chi connectivity index (χ4n) is 2.65. The monoisotopic (exact) mass is 376 g/mol. The highest BCUT2D eigenvalue weighted by molar-refractivity contribution is 5.87. The van der Waals surface area contributed by atoms with Crippen LogP contribution in [0.1, 0.15) is 11.1 Å². The van der Waals surface area contributed by atoms with E-state index in [1.165, 1.54) is 18.3 Å². The number of carbonyl (C=O) groups excluding carboxylic acids is 1. The summed E-state index contributed by atoms with van der Waals surface area (Å²) in [5.41, 5.74) is 5.55. The van der Waals surface area contributed by atoms with Gasteiger partial charge >= 0.3 is 0 Å². The number of rotatable bonds is 6. The van der Waals surface area contributed by atoms with Crippen LogP contribution in [-0.4, -0.2) is 28.9 Å². The summed E-state index contributed by atoms with van der Waals surface area (Å²) in [5, 5.41) is 23.0. The molecule has 1 amide bonds. The summed E-state index contributed by atoms with van der Waals surface area (Å²) >= 11 is 0. The minimum atomic E-state index is -0.431. The van der Waals surface area contributed by atoms with Gasteiger partial charge in [-0.1, -0.05) is 42.5 Å². The van der Waals surface area contributed by atoms with Crippen molar-refractivity contribution >= 4 is 12.1 Å². The lowest BCUT2D eigenvalue weighted by molar-refractivity contribution is -0.123. The molecule has 28 heavy (non-hydrogen) atoms. The Labute approximate surface area is 162 Å². The van der Waals surface area contributed by atoms with Crippen molar-refractivity contribution < 1.29 is 19.7 Å². The first-order valence-electron chi connectivity index (χ1n) is 8.65. The van der Waals surface area contributed by atoms with Gasteiger partial charge in [0.25, 0.3) is 5.91 Å². The zero-order valence-electron chi connectivity index (χ0n) is 15.3. The van der Waals surface area contributed by atoms with Crippen LogP contribution in [0.4, 0.5) is 0 Å². The van der Waals surface area contributed by atoms with Gasteiger partial charge in [-0.05, 0) is 41.8 Å². The van der Waals surface area contributed by atoms with Crippen LogP contribution >= 0.6 is 0 Å². The van der Waals surface area contributed by atoms with E-state index < -0.39 is 5.91 Å². The predicted molar refractivity (Wildman–Crippen MR) is 108 cm³/mol. The number of ether oxygens (including phenoxy) is 1. The molecule has 0 spiro atoms. The summed E-state index contributed by atoms with van der Waals surface area (Å²) < 4.78 is 5.46. The Kier molecular flexibility index (Phi) is 5.91. The van der Waals surface area contributed by atoms with E-state index >= 15 is 0 Å². The van der Waals surface area contributed by atoms with E-state index in [2.05, 4.69) is 10.5 Å². The maximum absolute atomic E-state index is 11.9. The van der Waals surface area contributed by atoms with Gasteiger partial charge in [-0.15, -0.1) is 0 Å². The number of hydrogen-bond acceptors (Lipinski definition) is 5. The van der Waals surface area contributed by atoms with E-state index in [0.717, 1.165) is 11.1 Å². The standard InChI is InChI=1S/C22H20N2O4/c1-15-11-18(25)12-21(26)20(15)13-23-24-22(27)14-28-19-9-7-17(8-10-19)16-5-3-2-4-6-16/h2-13,25-26H,14H2,1H3,(H,24,27)/b23-13+. The summed E-state index contributed by atoms with van der Waals surface area (Å²) in [5.74, 6) is -0.0155. The van der Waals surface area contributed by atoms with Crippen molar-refractivity contribution in [1.82, 2.24) is 5.43 Å². The van der Waals surface area contributed by atoms with Crippen molar-refractivity contribution in [2.75, 3.05) is 6.61 Å². The summed E-state index contributed by atoms with van der Waals surface area (Å²) in [6.45, 7) is 1.52. The molecule has 0 bridgehead atoms. The fraction of sp³-hybridized carbons (Fsp3) is 0.0909. The summed E-state index contributed by atoms with van der Waals surface area (Å²) in [6.07, 6.45) is 1.32. The lowest BCUT2D eigenvalue weighted by Gasteiger charge is -2.07. The molecular formula is C22H20N2O4. The number of aromatic hydroxyl groups is 2. The molecule has 0 heterocycles. The highest BCUT2D eigenvalue weighted by Gasteiger charge is 2.06. The number of carbonyl (C=O) groups is 1. The topological polar surface area (TPSA) is 91.1 Å². The average molecular weight is 376 g/mol. The maximum atomic E-state index is 11.9. The second-order valence-corrected chi connectivity index (χ2v) is 6.17. The van der Waals surface area contributed by atoms with E-state index in [1.807, 2.05) is 42.5 Å². The van der Waals surface area contributed by atoms with Gasteiger partial charge in [-0.3, -0.25) is 4.79 Å². The van der Waals surface area contributed by atoms with Gasteiger partial charge in [0.1, 0.15) is 17.2 Å². The number of phenols is 2. The van der Waals surface area contributed by atoms with E-state index in [4.69, 9.17) is 4.74 Å². The van der Waals surface area contributed by atoms with Gasteiger partial charge in [0.15, 0.2) is 6.61 Å². The Morgan fingerprint density at radius 2 is 1.71 bits per heavy atom. The zero-order valence-corrected chi connectivity index (χ0v) is 15.3. The van der Waals surface area contributed by atoms with Gasteiger partial charge in [0.2, 0.25) is 0 Å². The zero-order chi connectivity index (χ0) is 19.9. The van der Waals surface area contributed by atoms with Crippen molar-refractivity contribution in [2.24, 2.45) is 5.10 Å². The third-order valence-electron chi connectivity index (χ3n) is 4.06.